The van der Waals surface area contributed by atoms with Gasteiger partial charge in [0.2, 0.25) is 5.91 Å². The maximum Gasteiger partial charge on any atom is 0.471 e. The van der Waals surface area contributed by atoms with E-state index in [1.165, 1.54) is 24.3 Å². The molecule has 1 atom stereocenters. The molecule has 2 aromatic rings. The molecular formula is C20H20ClF3N2O2S. The molecular weight excluding hydrogens is 425 g/mol. The molecule has 4 nitrogen and oxygen atoms in total. The molecule has 2 amide bonds. The Hall–Kier alpha value is -2.06. The quantitative estimate of drug-likeness (QED) is 0.663. The zero-order valence-corrected chi connectivity index (χ0v) is 17.0. The predicted molar refractivity (Wildman–Crippen MR) is 107 cm³/mol. The first-order valence-electron chi connectivity index (χ1n) is 9.27. The van der Waals surface area contributed by atoms with Crippen LogP contribution in [-0.2, 0) is 9.59 Å². The Labute approximate surface area is 175 Å². The molecule has 1 aromatic heterocycles. The lowest BCUT2D eigenvalue weighted by Gasteiger charge is -2.33. The van der Waals surface area contributed by atoms with Crippen molar-refractivity contribution >= 4 is 40.4 Å². The van der Waals surface area contributed by atoms with Crippen LogP contribution in [0.2, 0.25) is 5.02 Å². The van der Waals surface area contributed by atoms with Crippen molar-refractivity contribution in [2.45, 2.75) is 50.4 Å². The minimum Gasteiger partial charge on any atom is -0.351 e. The molecule has 1 N–H and O–H groups in total. The minimum absolute atomic E-state index is 0.0861. The third-order valence-corrected chi connectivity index (χ3v) is 5.98. The Morgan fingerprint density at radius 2 is 1.86 bits per heavy atom. The summed E-state index contributed by atoms with van der Waals surface area (Å²) in [5.74, 6) is -2.74. The van der Waals surface area contributed by atoms with Gasteiger partial charge in [0.05, 0.1) is 0 Å². The molecule has 0 unspecified atom stereocenters. The number of carbonyl (C=O) groups excluding carboxylic acids is 2. The predicted octanol–water partition coefficient (Wildman–Crippen LogP) is 5.49. The summed E-state index contributed by atoms with van der Waals surface area (Å²) < 4.78 is 40.4. The average Bonchev–Trinajstić information content (AvgIpc) is 3.19. The molecule has 3 rings (SSSR count). The van der Waals surface area contributed by atoms with Crippen LogP contribution < -0.4 is 10.2 Å². The fourth-order valence-corrected chi connectivity index (χ4v) is 4.49. The smallest absolute Gasteiger partial charge is 0.351 e. The highest BCUT2D eigenvalue weighted by atomic mass is 35.5. The molecule has 0 spiro atoms. The molecule has 1 aromatic carbocycles. The van der Waals surface area contributed by atoms with Crippen molar-refractivity contribution in [1.29, 1.82) is 0 Å². The van der Waals surface area contributed by atoms with E-state index in [-0.39, 0.29) is 16.8 Å². The molecule has 29 heavy (non-hydrogen) atoms. The molecule has 9 heteroatoms. The Morgan fingerprint density at radius 3 is 2.45 bits per heavy atom. The van der Waals surface area contributed by atoms with Crippen molar-refractivity contribution in [3.8, 4) is 0 Å². The fourth-order valence-electron chi connectivity index (χ4n) is 3.49. The van der Waals surface area contributed by atoms with Gasteiger partial charge in [-0.15, -0.1) is 11.3 Å². The standard InChI is InChI=1S/C20H20ClF3N2O2S/c21-13-6-4-9-15(12-13)26(19(28)20(22,23)24)17(16-10-5-11-29-16)18(27)25-14-7-2-1-3-8-14/h4-6,9-12,14,17H,1-3,7-8H2,(H,25,27)/t17-/m0/s1. The van der Waals surface area contributed by atoms with Crippen LogP contribution >= 0.6 is 22.9 Å². The van der Waals surface area contributed by atoms with E-state index >= 15 is 0 Å². The summed E-state index contributed by atoms with van der Waals surface area (Å²) in [6.45, 7) is 0. The summed E-state index contributed by atoms with van der Waals surface area (Å²) in [6, 6.07) is 7.16. The van der Waals surface area contributed by atoms with E-state index in [1.54, 1.807) is 17.5 Å². The number of anilines is 1. The van der Waals surface area contributed by atoms with Gasteiger partial charge in [-0.25, -0.2) is 0 Å². The molecule has 1 aliphatic rings. The lowest BCUT2D eigenvalue weighted by atomic mass is 9.95. The van der Waals surface area contributed by atoms with Crippen molar-refractivity contribution in [2.24, 2.45) is 0 Å². The molecule has 156 valence electrons. The van der Waals surface area contributed by atoms with Crippen LogP contribution in [0.4, 0.5) is 18.9 Å². The van der Waals surface area contributed by atoms with Gasteiger partial charge in [-0.05, 0) is 42.5 Å². The van der Waals surface area contributed by atoms with Gasteiger partial charge in [0.25, 0.3) is 0 Å². The number of hydrogen-bond acceptors (Lipinski definition) is 3. The second kappa shape index (κ2) is 9.17. The van der Waals surface area contributed by atoms with E-state index < -0.39 is 24.0 Å². The van der Waals surface area contributed by atoms with Crippen LogP contribution in [0.15, 0.2) is 41.8 Å². The number of thiophene rings is 1. The van der Waals surface area contributed by atoms with Crippen molar-refractivity contribution in [3.05, 3.63) is 51.7 Å². The van der Waals surface area contributed by atoms with Crippen LogP contribution in [0.5, 0.6) is 0 Å². The molecule has 1 aliphatic carbocycles. The van der Waals surface area contributed by atoms with Gasteiger partial charge in [0.1, 0.15) is 0 Å². The van der Waals surface area contributed by atoms with Crippen LogP contribution in [0.25, 0.3) is 0 Å². The molecule has 0 bridgehead atoms. The highest BCUT2D eigenvalue weighted by Crippen LogP contribution is 2.35. The SMILES string of the molecule is O=C(NC1CCCCC1)[C@H](c1cccs1)N(C(=O)C(F)(F)F)c1cccc(Cl)c1. The van der Waals surface area contributed by atoms with Gasteiger partial charge < -0.3 is 5.32 Å². The maximum atomic E-state index is 13.5. The van der Waals surface area contributed by atoms with E-state index in [2.05, 4.69) is 5.32 Å². The summed E-state index contributed by atoms with van der Waals surface area (Å²) in [4.78, 5) is 26.4. The van der Waals surface area contributed by atoms with Crippen LogP contribution in [0.1, 0.15) is 43.0 Å². The fraction of sp³-hybridized carbons (Fsp3) is 0.400. The Balaban J connectivity index is 2.02. The number of rotatable bonds is 5. The number of alkyl halides is 3. The molecule has 1 fully saturated rings. The van der Waals surface area contributed by atoms with Crippen LogP contribution in [0.3, 0.4) is 0 Å². The second-order valence-corrected chi connectivity index (χ2v) is 8.33. The highest BCUT2D eigenvalue weighted by Gasteiger charge is 2.48. The van der Waals surface area contributed by atoms with Crippen molar-refractivity contribution in [1.82, 2.24) is 5.32 Å². The summed E-state index contributed by atoms with van der Waals surface area (Å²) in [7, 11) is 0. The van der Waals surface area contributed by atoms with Crippen molar-refractivity contribution in [2.75, 3.05) is 4.90 Å². The van der Waals surface area contributed by atoms with Crippen molar-refractivity contribution < 1.29 is 22.8 Å². The average molecular weight is 445 g/mol. The minimum atomic E-state index is -5.15. The van der Waals surface area contributed by atoms with E-state index in [0.29, 0.717) is 9.78 Å². The number of amides is 2. The summed E-state index contributed by atoms with van der Waals surface area (Å²) >= 11 is 7.08. The lowest BCUT2D eigenvalue weighted by molar-refractivity contribution is -0.171. The van der Waals surface area contributed by atoms with E-state index in [1.807, 2.05) is 0 Å². The third-order valence-electron chi connectivity index (χ3n) is 4.82. The van der Waals surface area contributed by atoms with Gasteiger partial charge in [0.15, 0.2) is 6.04 Å². The number of benzene rings is 1. The first kappa shape index (κ1) is 21.6. The lowest BCUT2D eigenvalue weighted by Crippen LogP contribution is -2.50. The summed E-state index contributed by atoms with van der Waals surface area (Å²) in [5, 5.41) is 4.68. The molecule has 1 saturated carbocycles. The molecule has 0 saturated heterocycles. The van der Waals surface area contributed by atoms with Gasteiger partial charge >= 0.3 is 12.1 Å². The van der Waals surface area contributed by atoms with E-state index in [0.717, 1.165) is 43.4 Å². The number of carbonyl (C=O) groups is 2. The van der Waals surface area contributed by atoms with Gasteiger partial charge in [0, 0.05) is 21.6 Å². The Morgan fingerprint density at radius 1 is 1.14 bits per heavy atom. The van der Waals surface area contributed by atoms with Gasteiger partial charge in [-0.3, -0.25) is 14.5 Å². The summed E-state index contributed by atoms with van der Waals surface area (Å²) in [5.41, 5.74) is -0.0861. The highest BCUT2D eigenvalue weighted by molar-refractivity contribution is 7.10. The largest absolute Gasteiger partial charge is 0.471 e. The zero-order valence-electron chi connectivity index (χ0n) is 15.4. The second-order valence-electron chi connectivity index (χ2n) is 6.91. The number of halogens is 4. The summed E-state index contributed by atoms with van der Waals surface area (Å²) in [6.07, 6.45) is -0.631. The molecule has 0 radical (unpaired) electrons. The molecule has 1 heterocycles. The normalized spacial score (nSPS) is 16.3. The number of nitrogens with zero attached hydrogens (tertiary/aromatic N) is 1. The van der Waals surface area contributed by atoms with Crippen molar-refractivity contribution in [3.63, 3.8) is 0 Å². The Bertz CT molecular complexity index is 852. The Kier molecular flexibility index (Phi) is 6.85. The number of hydrogen-bond donors (Lipinski definition) is 1. The first-order chi connectivity index (χ1) is 13.8. The van der Waals surface area contributed by atoms with E-state index in [4.69, 9.17) is 11.6 Å². The van der Waals surface area contributed by atoms with E-state index in [9.17, 15) is 22.8 Å². The first-order valence-corrected chi connectivity index (χ1v) is 10.5. The maximum absolute atomic E-state index is 13.5. The van der Waals surface area contributed by atoms with Gasteiger partial charge in [-0.2, -0.15) is 13.2 Å². The monoisotopic (exact) mass is 444 g/mol. The third kappa shape index (κ3) is 5.30. The topological polar surface area (TPSA) is 49.4 Å². The van der Waals surface area contributed by atoms with Crippen LogP contribution in [0, 0.1) is 0 Å². The van der Waals surface area contributed by atoms with Crippen LogP contribution in [-0.4, -0.2) is 24.0 Å². The zero-order chi connectivity index (χ0) is 21.0. The number of nitrogens with one attached hydrogen (secondary N) is 1. The molecule has 0 aliphatic heterocycles. The van der Waals surface area contributed by atoms with Gasteiger partial charge in [-0.1, -0.05) is 43.0 Å².